The lowest BCUT2D eigenvalue weighted by Gasteiger charge is -2.21. The Bertz CT molecular complexity index is 941. The molecule has 8 heteroatoms. The molecule has 0 atom stereocenters. The second-order valence-electron chi connectivity index (χ2n) is 6.66. The summed E-state index contributed by atoms with van der Waals surface area (Å²) in [4.78, 5) is 39.2. The average Bonchev–Trinajstić information content (AvgIpc) is 3.48. The quantitative estimate of drug-likeness (QED) is 0.623. The van der Waals surface area contributed by atoms with E-state index >= 15 is 0 Å². The van der Waals surface area contributed by atoms with Crippen molar-refractivity contribution in [2.75, 3.05) is 6.54 Å². The van der Waals surface area contributed by atoms with Crippen LogP contribution in [0.2, 0.25) is 0 Å². The summed E-state index contributed by atoms with van der Waals surface area (Å²) in [5.74, 6) is 0.887. The van der Waals surface area contributed by atoms with Crippen LogP contribution < -0.4 is 5.32 Å². The predicted octanol–water partition coefficient (Wildman–Crippen LogP) is 2.77. The maximum absolute atomic E-state index is 13.1. The Morgan fingerprint density at radius 3 is 2.07 bits per heavy atom. The summed E-state index contributed by atoms with van der Waals surface area (Å²) in [5.41, 5.74) is 1.25. The summed E-state index contributed by atoms with van der Waals surface area (Å²) >= 11 is 0. The molecule has 1 fully saturated rings. The van der Waals surface area contributed by atoms with E-state index in [1.54, 1.807) is 53.8 Å². The lowest BCUT2D eigenvalue weighted by Crippen LogP contribution is -2.31. The fourth-order valence-corrected chi connectivity index (χ4v) is 3.11. The summed E-state index contributed by atoms with van der Waals surface area (Å²) in [5, 5.41) is 2.48. The van der Waals surface area contributed by atoms with E-state index < -0.39 is 6.03 Å². The largest absolute Gasteiger partial charge is 0.467 e. The van der Waals surface area contributed by atoms with Crippen LogP contribution in [0.1, 0.15) is 27.4 Å². The second-order valence-corrected chi connectivity index (χ2v) is 6.66. The minimum Gasteiger partial charge on any atom is -0.467 e. The van der Waals surface area contributed by atoms with E-state index in [1.165, 1.54) is 0 Å². The van der Waals surface area contributed by atoms with Crippen molar-refractivity contribution in [3.05, 3.63) is 83.7 Å². The second kappa shape index (κ2) is 8.05. The molecule has 148 valence electrons. The van der Waals surface area contributed by atoms with Gasteiger partial charge < -0.3 is 19.1 Å². The normalized spacial score (nSPS) is 13.6. The van der Waals surface area contributed by atoms with Gasteiger partial charge in [-0.25, -0.2) is 4.79 Å². The molecule has 0 spiro atoms. The molecule has 1 saturated heterocycles. The number of nitrogens with zero attached hydrogens (tertiary/aromatic N) is 2. The van der Waals surface area contributed by atoms with E-state index in [0.717, 1.165) is 10.5 Å². The van der Waals surface area contributed by atoms with Crippen LogP contribution >= 0.6 is 0 Å². The predicted molar refractivity (Wildman–Crippen MR) is 101 cm³/mol. The first-order valence-electron chi connectivity index (χ1n) is 9.11. The molecular formula is C21H19N3O5. The number of urea groups is 1. The van der Waals surface area contributed by atoms with Gasteiger partial charge in [0.15, 0.2) is 0 Å². The molecule has 8 nitrogen and oxygen atoms in total. The van der Waals surface area contributed by atoms with E-state index in [9.17, 15) is 14.4 Å². The number of carbonyl (C=O) groups is 3. The molecule has 3 aromatic rings. The van der Waals surface area contributed by atoms with Crippen LogP contribution in [0, 0.1) is 0 Å². The third kappa shape index (κ3) is 4.21. The first kappa shape index (κ1) is 18.5. The van der Waals surface area contributed by atoms with Crippen LogP contribution in [0.5, 0.6) is 0 Å². The molecule has 4 rings (SSSR count). The first-order chi connectivity index (χ1) is 14.1. The number of nitrogens with one attached hydrogen (secondary N) is 1. The third-order valence-electron chi connectivity index (χ3n) is 4.62. The summed E-state index contributed by atoms with van der Waals surface area (Å²) in [7, 11) is 0. The van der Waals surface area contributed by atoms with Gasteiger partial charge in [0.2, 0.25) is 5.91 Å². The monoisotopic (exact) mass is 393 g/mol. The summed E-state index contributed by atoms with van der Waals surface area (Å²) < 4.78 is 10.8. The Morgan fingerprint density at radius 2 is 1.59 bits per heavy atom. The van der Waals surface area contributed by atoms with Crippen molar-refractivity contribution in [1.29, 1.82) is 0 Å². The molecule has 0 bridgehead atoms. The Morgan fingerprint density at radius 1 is 0.966 bits per heavy atom. The number of amides is 4. The Kier molecular flexibility index (Phi) is 5.15. The fourth-order valence-electron chi connectivity index (χ4n) is 3.11. The van der Waals surface area contributed by atoms with Gasteiger partial charge >= 0.3 is 6.03 Å². The Balaban J connectivity index is 1.49. The number of hydrogen-bond acceptors (Lipinski definition) is 5. The van der Waals surface area contributed by atoms with Gasteiger partial charge in [0.25, 0.3) is 5.91 Å². The van der Waals surface area contributed by atoms with Crippen LogP contribution in [-0.4, -0.2) is 34.2 Å². The number of benzene rings is 1. The zero-order chi connectivity index (χ0) is 20.2. The Hall–Kier alpha value is -3.81. The standard InChI is InChI=1S/C21H19N3O5/c25-19-11-22-21(27)24(19)12-15-5-7-16(8-6-15)20(26)23(13-17-3-1-9-28-17)14-18-4-2-10-29-18/h1-10H,11-14H2,(H,22,27). The van der Waals surface area contributed by atoms with Crippen molar-refractivity contribution in [1.82, 2.24) is 15.1 Å². The van der Waals surface area contributed by atoms with Gasteiger partial charge in [-0.05, 0) is 42.0 Å². The van der Waals surface area contributed by atoms with Gasteiger partial charge in [0.05, 0.1) is 38.7 Å². The van der Waals surface area contributed by atoms with Gasteiger partial charge in [-0.2, -0.15) is 0 Å². The maximum atomic E-state index is 13.1. The number of carbonyl (C=O) groups excluding carboxylic acids is 3. The minimum absolute atomic E-state index is 0.0178. The minimum atomic E-state index is -0.404. The van der Waals surface area contributed by atoms with Crippen molar-refractivity contribution in [2.45, 2.75) is 19.6 Å². The van der Waals surface area contributed by atoms with Gasteiger partial charge in [-0.1, -0.05) is 12.1 Å². The van der Waals surface area contributed by atoms with E-state index in [-0.39, 0.29) is 24.9 Å². The van der Waals surface area contributed by atoms with Crippen molar-refractivity contribution in [3.63, 3.8) is 0 Å². The zero-order valence-corrected chi connectivity index (χ0v) is 15.5. The van der Waals surface area contributed by atoms with Crippen LogP contribution in [0.3, 0.4) is 0 Å². The smallest absolute Gasteiger partial charge is 0.324 e. The summed E-state index contributed by atoms with van der Waals surface area (Å²) in [6.07, 6.45) is 3.13. The zero-order valence-electron chi connectivity index (χ0n) is 15.5. The van der Waals surface area contributed by atoms with E-state index in [4.69, 9.17) is 8.83 Å². The first-order valence-corrected chi connectivity index (χ1v) is 9.11. The molecule has 29 heavy (non-hydrogen) atoms. The number of imide groups is 1. The third-order valence-corrected chi connectivity index (χ3v) is 4.62. The molecule has 0 radical (unpaired) electrons. The average molecular weight is 393 g/mol. The van der Waals surface area contributed by atoms with Crippen molar-refractivity contribution in [2.24, 2.45) is 0 Å². The van der Waals surface area contributed by atoms with E-state index in [1.807, 2.05) is 12.1 Å². The molecule has 1 aromatic carbocycles. The number of rotatable bonds is 7. The molecule has 0 saturated carbocycles. The van der Waals surface area contributed by atoms with Crippen LogP contribution in [0.15, 0.2) is 69.9 Å². The van der Waals surface area contributed by atoms with Crippen molar-refractivity contribution < 1.29 is 23.2 Å². The highest BCUT2D eigenvalue weighted by Crippen LogP contribution is 2.17. The highest BCUT2D eigenvalue weighted by atomic mass is 16.3. The van der Waals surface area contributed by atoms with Crippen LogP contribution in [-0.2, 0) is 24.4 Å². The molecular weight excluding hydrogens is 374 g/mol. The highest BCUT2D eigenvalue weighted by Gasteiger charge is 2.28. The van der Waals surface area contributed by atoms with Crippen LogP contribution in [0.25, 0.3) is 0 Å². The summed E-state index contributed by atoms with van der Waals surface area (Å²) in [6, 6.07) is 13.6. The van der Waals surface area contributed by atoms with Gasteiger partial charge in [0, 0.05) is 5.56 Å². The lowest BCUT2D eigenvalue weighted by atomic mass is 10.1. The molecule has 3 heterocycles. The van der Waals surface area contributed by atoms with Gasteiger partial charge in [-0.3, -0.25) is 14.5 Å². The van der Waals surface area contributed by atoms with Crippen molar-refractivity contribution in [3.8, 4) is 0 Å². The van der Waals surface area contributed by atoms with Crippen molar-refractivity contribution >= 4 is 17.8 Å². The molecule has 1 N–H and O–H groups in total. The van der Waals surface area contributed by atoms with Gasteiger partial charge in [0.1, 0.15) is 11.5 Å². The molecule has 2 aromatic heterocycles. The molecule has 1 aliphatic rings. The topological polar surface area (TPSA) is 96.0 Å². The number of furan rings is 2. The lowest BCUT2D eigenvalue weighted by molar-refractivity contribution is -0.125. The van der Waals surface area contributed by atoms with E-state index in [0.29, 0.717) is 30.2 Å². The highest BCUT2D eigenvalue weighted by molar-refractivity contribution is 6.01. The van der Waals surface area contributed by atoms with E-state index in [2.05, 4.69) is 5.32 Å². The maximum Gasteiger partial charge on any atom is 0.324 e. The Labute approximate surface area is 166 Å². The molecule has 1 aliphatic heterocycles. The molecule has 4 amide bonds. The van der Waals surface area contributed by atoms with Crippen LogP contribution in [0.4, 0.5) is 4.79 Å². The molecule has 0 unspecified atom stereocenters. The molecule has 0 aliphatic carbocycles. The SMILES string of the molecule is O=C(c1ccc(CN2C(=O)CNC2=O)cc1)N(Cc1ccco1)Cc1ccco1. The van der Waals surface area contributed by atoms with Gasteiger partial charge in [-0.15, -0.1) is 0 Å². The fraction of sp³-hybridized carbons (Fsp3) is 0.190. The number of hydrogen-bond donors (Lipinski definition) is 1. The summed E-state index contributed by atoms with van der Waals surface area (Å²) in [6.45, 7) is 0.791.